The van der Waals surface area contributed by atoms with Crippen LogP contribution in [0.1, 0.15) is 30.5 Å². The number of hydrogen-bond acceptors (Lipinski definition) is 5. The van der Waals surface area contributed by atoms with Gasteiger partial charge in [0.25, 0.3) is 0 Å². The minimum atomic E-state index is -0.0219. The molecule has 1 aromatic heterocycles. The average molecular weight is 343 g/mol. The highest BCUT2D eigenvalue weighted by atomic mass is 16.5. The number of nitrogens with one attached hydrogen (secondary N) is 1. The second kappa shape index (κ2) is 8.00. The first-order valence-electron chi connectivity index (χ1n) is 8.72. The molecule has 7 nitrogen and oxygen atoms in total. The molecule has 0 saturated carbocycles. The third-order valence-corrected chi connectivity index (χ3v) is 4.54. The smallest absolute Gasteiger partial charge is 0.317 e. The number of nitrogens with zero attached hydrogens (tertiary/aromatic N) is 4. The van der Waals surface area contributed by atoms with Gasteiger partial charge in [0, 0.05) is 51.8 Å². The molecule has 1 fully saturated rings. The van der Waals surface area contributed by atoms with Crippen molar-refractivity contribution in [3.63, 3.8) is 0 Å². The molecule has 1 unspecified atom stereocenters. The number of likely N-dealkylation sites (tertiary alicyclic amines) is 1. The number of para-hydroxylation sites is 1. The Bertz CT molecular complexity index is 688. The second-order valence-electron chi connectivity index (χ2n) is 6.45. The monoisotopic (exact) mass is 343 g/mol. The van der Waals surface area contributed by atoms with E-state index in [1.807, 2.05) is 30.1 Å². The normalized spacial score (nSPS) is 17.4. The Morgan fingerprint density at radius 1 is 1.40 bits per heavy atom. The summed E-state index contributed by atoms with van der Waals surface area (Å²) in [5, 5.41) is 7.01. The van der Waals surface area contributed by atoms with Crippen LogP contribution < -0.4 is 10.2 Å². The maximum absolute atomic E-state index is 12.4. The van der Waals surface area contributed by atoms with Crippen molar-refractivity contribution in [2.45, 2.75) is 25.7 Å². The van der Waals surface area contributed by atoms with Gasteiger partial charge in [-0.15, -0.1) is 0 Å². The number of amides is 2. The number of anilines is 1. The Morgan fingerprint density at radius 2 is 2.20 bits per heavy atom. The van der Waals surface area contributed by atoms with Crippen molar-refractivity contribution in [2.24, 2.45) is 0 Å². The summed E-state index contributed by atoms with van der Waals surface area (Å²) in [4.78, 5) is 20.7. The van der Waals surface area contributed by atoms with Gasteiger partial charge in [-0.2, -0.15) is 4.98 Å². The average Bonchev–Trinajstić information content (AvgIpc) is 3.09. The standard InChI is InChI=1S/C18H25N5O2/c1-14-20-17(21-25-14)15-7-6-11-23(13-15)18(24)19-10-12-22(2)16-8-4-3-5-9-16/h3-5,8-9,15H,6-7,10-13H2,1-2H3,(H,19,24). The van der Waals surface area contributed by atoms with E-state index in [-0.39, 0.29) is 11.9 Å². The fourth-order valence-corrected chi connectivity index (χ4v) is 3.11. The van der Waals surface area contributed by atoms with Gasteiger partial charge in [-0.3, -0.25) is 0 Å². The van der Waals surface area contributed by atoms with E-state index in [1.54, 1.807) is 6.92 Å². The fraction of sp³-hybridized carbons (Fsp3) is 0.500. The maximum atomic E-state index is 12.4. The Hall–Kier alpha value is -2.57. The number of urea groups is 1. The Kier molecular flexibility index (Phi) is 5.53. The summed E-state index contributed by atoms with van der Waals surface area (Å²) >= 11 is 0. The van der Waals surface area contributed by atoms with Crippen LogP contribution in [0, 0.1) is 6.92 Å². The van der Waals surface area contributed by atoms with Crippen molar-refractivity contribution in [1.29, 1.82) is 0 Å². The fourth-order valence-electron chi connectivity index (χ4n) is 3.11. The summed E-state index contributed by atoms with van der Waals surface area (Å²) in [7, 11) is 2.02. The van der Waals surface area contributed by atoms with E-state index >= 15 is 0 Å². The van der Waals surface area contributed by atoms with Crippen molar-refractivity contribution in [3.8, 4) is 0 Å². The molecule has 1 saturated heterocycles. The number of benzene rings is 1. The van der Waals surface area contributed by atoms with Crippen molar-refractivity contribution in [2.75, 3.05) is 38.1 Å². The van der Waals surface area contributed by atoms with Crippen molar-refractivity contribution < 1.29 is 9.32 Å². The lowest BCUT2D eigenvalue weighted by Gasteiger charge is -2.31. The van der Waals surface area contributed by atoms with E-state index in [9.17, 15) is 4.79 Å². The summed E-state index contributed by atoms with van der Waals surface area (Å²) in [6.45, 7) is 4.56. The minimum absolute atomic E-state index is 0.0219. The lowest BCUT2D eigenvalue weighted by molar-refractivity contribution is 0.178. The zero-order chi connectivity index (χ0) is 17.6. The number of aromatic nitrogens is 2. The largest absolute Gasteiger partial charge is 0.373 e. The molecule has 1 atom stereocenters. The van der Waals surface area contributed by atoms with Crippen molar-refractivity contribution in [3.05, 3.63) is 42.0 Å². The number of rotatable bonds is 5. The van der Waals surface area contributed by atoms with E-state index in [2.05, 4.69) is 32.5 Å². The van der Waals surface area contributed by atoms with Crippen LogP contribution in [0.15, 0.2) is 34.9 Å². The van der Waals surface area contributed by atoms with E-state index in [0.717, 1.165) is 31.6 Å². The van der Waals surface area contributed by atoms with Gasteiger partial charge in [-0.05, 0) is 25.0 Å². The van der Waals surface area contributed by atoms with Crippen LogP contribution in [0.2, 0.25) is 0 Å². The Balaban J connectivity index is 1.46. The van der Waals surface area contributed by atoms with Crippen molar-refractivity contribution >= 4 is 11.7 Å². The lowest BCUT2D eigenvalue weighted by Crippen LogP contribution is -2.46. The predicted octanol–water partition coefficient (Wildman–Crippen LogP) is 2.40. The molecule has 2 aromatic rings. The molecule has 1 aliphatic heterocycles. The topological polar surface area (TPSA) is 74.5 Å². The number of aryl methyl sites for hydroxylation is 1. The predicted molar refractivity (Wildman–Crippen MR) is 95.7 cm³/mol. The quantitative estimate of drug-likeness (QED) is 0.902. The molecule has 1 aliphatic rings. The van der Waals surface area contributed by atoms with Crippen LogP contribution in [0.3, 0.4) is 0 Å². The molecular formula is C18H25N5O2. The maximum Gasteiger partial charge on any atom is 0.317 e. The molecule has 0 aliphatic carbocycles. The summed E-state index contributed by atoms with van der Waals surface area (Å²) in [5.41, 5.74) is 1.14. The van der Waals surface area contributed by atoms with Gasteiger partial charge in [0.15, 0.2) is 5.82 Å². The van der Waals surface area contributed by atoms with Crippen LogP contribution in [-0.4, -0.2) is 54.3 Å². The highest BCUT2D eigenvalue weighted by Gasteiger charge is 2.27. The van der Waals surface area contributed by atoms with E-state index in [0.29, 0.717) is 24.8 Å². The highest BCUT2D eigenvalue weighted by Crippen LogP contribution is 2.24. The van der Waals surface area contributed by atoms with E-state index in [1.165, 1.54) is 0 Å². The molecule has 0 radical (unpaired) electrons. The molecule has 0 bridgehead atoms. The second-order valence-corrected chi connectivity index (χ2v) is 6.45. The zero-order valence-corrected chi connectivity index (χ0v) is 14.8. The summed E-state index contributed by atoms with van der Waals surface area (Å²) < 4.78 is 5.06. The van der Waals surface area contributed by atoms with Gasteiger partial charge in [0.2, 0.25) is 5.89 Å². The molecule has 7 heteroatoms. The van der Waals surface area contributed by atoms with E-state index in [4.69, 9.17) is 4.52 Å². The molecule has 3 rings (SSSR count). The van der Waals surface area contributed by atoms with Gasteiger partial charge < -0.3 is 19.6 Å². The first-order valence-corrected chi connectivity index (χ1v) is 8.72. The third-order valence-electron chi connectivity index (χ3n) is 4.54. The van der Waals surface area contributed by atoms with Gasteiger partial charge in [-0.1, -0.05) is 23.4 Å². The molecule has 1 N–H and O–H groups in total. The number of carbonyl (C=O) groups is 1. The molecule has 2 amide bonds. The van der Waals surface area contributed by atoms with Crippen molar-refractivity contribution in [1.82, 2.24) is 20.4 Å². The zero-order valence-electron chi connectivity index (χ0n) is 14.8. The van der Waals surface area contributed by atoms with Gasteiger partial charge >= 0.3 is 6.03 Å². The number of likely N-dealkylation sites (N-methyl/N-ethyl adjacent to an activating group) is 1. The van der Waals surface area contributed by atoms with E-state index < -0.39 is 0 Å². The SMILES string of the molecule is Cc1nc(C2CCCN(C(=O)NCCN(C)c3ccccc3)C2)no1. The number of carbonyl (C=O) groups excluding carboxylic acids is 1. The van der Waals surface area contributed by atoms with Crippen LogP contribution in [0.25, 0.3) is 0 Å². The number of piperidine rings is 1. The van der Waals surface area contributed by atoms with Crippen LogP contribution >= 0.6 is 0 Å². The van der Waals surface area contributed by atoms with Crippen LogP contribution in [0.5, 0.6) is 0 Å². The summed E-state index contributed by atoms with van der Waals surface area (Å²) in [5.74, 6) is 1.43. The van der Waals surface area contributed by atoms with Crippen LogP contribution in [-0.2, 0) is 0 Å². The van der Waals surface area contributed by atoms with Gasteiger partial charge in [0.1, 0.15) is 0 Å². The molecule has 1 aromatic carbocycles. The summed E-state index contributed by atoms with van der Waals surface area (Å²) in [6.07, 6.45) is 1.94. The number of hydrogen-bond donors (Lipinski definition) is 1. The molecule has 2 heterocycles. The van der Waals surface area contributed by atoms with Crippen LogP contribution in [0.4, 0.5) is 10.5 Å². The Morgan fingerprint density at radius 3 is 2.92 bits per heavy atom. The molecule has 25 heavy (non-hydrogen) atoms. The lowest BCUT2D eigenvalue weighted by atomic mass is 9.98. The first-order chi connectivity index (χ1) is 12.1. The molecular weight excluding hydrogens is 318 g/mol. The Labute approximate surface area is 148 Å². The first kappa shape index (κ1) is 17.3. The molecule has 134 valence electrons. The highest BCUT2D eigenvalue weighted by molar-refractivity contribution is 5.74. The minimum Gasteiger partial charge on any atom is -0.373 e. The van der Waals surface area contributed by atoms with Gasteiger partial charge in [0.05, 0.1) is 0 Å². The molecule has 0 spiro atoms. The summed E-state index contributed by atoms with van der Waals surface area (Å²) in [6, 6.07) is 10.1. The van der Waals surface area contributed by atoms with Gasteiger partial charge in [-0.25, -0.2) is 4.79 Å². The third kappa shape index (κ3) is 4.49.